The Morgan fingerprint density at radius 3 is 3.00 bits per heavy atom. The Bertz CT molecular complexity index is 377. The topological polar surface area (TPSA) is 33.2 Å². The average Bonchev–Trinajstić information content (AvgIpc) is 2.56. The Hall–Kier alpha value is -1.22. The van der Waals surface area contributed by atoms with Crippen LogP contribution in [-0.4, -0.2) is 29.3 Å². The average molecular weight is 246 g/mol. The van der Waals surface area contributed by atoms with Crippen molar-refractivity contribution >= 4 is 5.78 Å². The summed E-state index contributed by atoms with van der Waals surface area (Å²) in [5.41, 5.74) is 1.07. The van der Waals surface area contributed by atoms with E-state index in [1.165, 1.54) is 12.8 Å². The molecule has 1 fully saturated rings. The minimum Gasteiger partial charge on any atom is -0.300 e. The molecule has 1 heterocycles. The molecule has 1 saturated carbocycles. The van der Waals surface area contributed by atoms with Gasteiger partial charge in [-0.25, -0.2) is 0 Å². The van der Waals surface area contributed by atoms with Gasteiger partial charge in [0.15, 0.2) is 0 Å². The van der Waals surface area contributed by atoms with E-state index in [2.05, 4.69) is 16.9 Å². The Balaban J connectivity index is 1.86. The van der Waals surface area contributed by atoms with Gasteiger partial charge in [0.1, 0.15) is 5.78 Å². The molecule has 3 heteroatoms. The molecule has 3 nitrogen and oxygen atoms in total. The largest absolute Gasteiger partial charge is 0.300 e. The summed E-state index contributed by atoms with van der Waals surface area (Å²) in [7, 11) is 2.08. The molecule has 0 radical (unpaired) electrons. The molecule has 0 aromatic carbocycles. The van der Waals surface area contributed by atoms with Crippen LogP contribution in [0.4, 0.5) is 0 Å². The fourth-order valence-corrected chi connectivity index (χ4v) is 2.63. The Labute approximate surface area is 109 Å². The van der Waals surface area contributed by atoms with Crippen LogP contribution in [0.5, 0.6) is 0 Å². The predicted octanol–water partition coefficient (Wildman–Crippen LogP) is 2.66. The van der Waals surface area contributed by atoms with Crippen LogP contribution in [0, 0.1) is 5.92 Å². The van der Waals surface area contributed by atoms with Crippen molar-refractivity contribution in [2.75, 3.05) is 13.6 Å². The van der Waals surface area contributed by atoms with Crippen LogP contribution in [0.3, 0.4) is 0 Å². The number of aromatic nitrogens is 1. The van der Waals surface area contributed by atoms with Crippen molar-refractivity contribution in [3.05, 3.63) is 30.1 Å². The van der Waals surface area contributed by atoms with Gasteiger partial charge in [-0.3, -0.25) is 14.7 Å². The van der Waals surface area contributed by atoms with Gasteiger partial charge < -0.3 is 0 Å². The maximum atomic E-state index is 12.0. The molecule has 98 valence electrons. The van der Waals surface area contributed by atoms with Gasteiger partial charge >= 0.3 is 0 Å². The molecule has 1 aromatic heterocycles. The van der Waals surface area contributed by atoms with E-state index in [9.17, 15) is 4.79 Å². The number of ketones is 1. The van der Waals surface area contributed by atoms with Gasteiger partial charge in [-0.05, 0) is 32.0 Å². The normalized spacial score (nSPS) is 21.0. The second-order valence-electron chi connectivity index (χ2n) is 5.28. The molecule has 1 unspecified atom stereocenters. The van der Waals surface area contributed by atoms with Crippen molar-refractivity contribution in [2.24, 2.45) is 5.92 Å². The summed E-state index contributed by atoms with van der Waals surface area (Å²) >= 11 is 0. The lowest BCUT2D eigenvalue weighted by Gasteiger charge is -2.21. The zero-order valence-corrected chi connectivity index (χ0v) is 11.1. The first kappa shape index (κ1) is 13.2. The highest BCUT2D eigenvalue weighted by Gasteiger charge is 2.21. The van der Waals surface area contributed by atoms with E-state index in [0.29, 0.717) is 5.78 Å². The summed E-state index contributed by atoms with van der Waals surface area (Å²) in [6.45, 7) is 1.69. The van der Waals surface area contributed by atoms with E-state index < -0.39 is 0 Å². The van der Waals surface area contributed by atoms with Gasteiger partial charge in [-0.1, -0.05) is 18.9 Å². The summed E-state index contributed by atoms with van der Waals surface area (Å²) in [5.74, 6) is 0.696. The highest BCUT2D eigenvalue weighted by Crippen LogP contribution is 2.21. The van der Waals surface area contributed by atoms with Crippen molar-refractivity contribution in [1.82, 2.24) is 9.88 Å². The molecular weight excluding hydrogens is 224 g/mol. The second kappa shape index (κ2) is 6.64. The molecule has 0 bridgehead atoms. The number of hydrogen-bond donors (Lipinski definition) is 0. The maximum Gasteiger partial charge on any atom is 0.137 e. The van der Waals surface area contributed by atoms with Crippen molar-refractivity contribution in [3.8, 4) is 0 Å². The number of Topliss-reactive ketones (excluding diaryl/α,β-unsaturated/α-hetero) is 1. The van der Waals surface area contributed by atoms with E-state index in [1.807, 2.05) is 24.4 Å². The van der Waals surface area contributed by atoms with E-state index in [0.717, 1.165) is 38.0 Å². The number of carbonyl (C=O) groups is 1. The molecule has 0 saturated heterocycles. The van der Waals surface area contributed by atoms with E-state index >= 15 is 0 Å². The summed E-state index contributed by atoms with van der Waals surface area (Å²) < 4.78 is 0. The molecule has 2 rings (SSSR count). The smallest absolute Gasteiger partial charge is 0.137 e. The first-order chi connectivity index (χ1) is 8.75. The van der Waals surface area contributed by atoms with Gasteiger partial charge in [-0.15, -0.1) is 0 Å². The third kappa shape index (κ3) is 3.91. The minimum atomic E-state index is 0.237. The molecule has 0 spiro atoms. The number of carbonyl (C=O) groups excluding carboxylic acids is 1. The van der Waals surface area contributed by atoms with Crippen LogP contribution in [0.1, 0.15) is 37.8 Å². The summed E-state index contributed by atoms with van der Waals surface area (Å²) in [4.78, 5) is 18.5. The predicted molar refractivity (Wildman–Crippen MR) is 72.2 cm³/mol. The lowest BCUT2D eigenvalue weighted by atomic mass is 9.98. The Morgan fingerprint density at radius 1 is 1.33 bits per heavy atom. The van der Waals surface area contributed by atoms with Gasteiger partial charge in [-0.2, -0.15) is 0 Å². The van der Waals surface area contributed by atoms with Gasteiger partial charge in [0.2, 0.25) is 0 Å². The van der Waals surface area contributed by atoms with Crippen LogP contribution in [0.25, 0.3) is 0 Å². The molecule has 1 aliphatic rings. The monoisotopic (exact) mass is 246 g/mol. The second-order valence-corrected chi connectivity index (χ2v) is 5.28. The Kier molecular flexibility index (Phi) is 4.88. The fourth-order valence-electron chi connectivity index (χ4n) is 2.63. The number of rotatable bonds is 4. The van der Waals surface area contributed by atoms with E-state index in [1.54, 1.807) is 0 Å². The van der Waals surface area contributed by atoms with Crippen LogP contribution >= 0.6 is 0 Å². The number of pyridine rings is 1. The third-order valence-electron chi connectivity index (χ3n) is 3.62. The quantitative estimate of drug-likeness (QED) is 0.766. The fraction of sp³-hybridized carbons (Fsp3) is 0.600. The molecule has 0 N–H and O–H groups in total. The highest BCUT2D eigenvalue weighted by molar-refractivity contribution is 5.81. The molecule has 1 aromatic rings. The van der Waals surface area contributed by atoms with Crippen LogP contribution in [0.2, 0.25) is 0 Å². The third-order valence-corrected chi connectivity index (χ3v) is 3.62. The molecule has 1 atom stereocenters. The lowest BCUT2D eigenvalue weighted by molar-refractivity contribution is -0.123. The van der Waals surface area contributed by atoms with Crippen molar-refractivity contribution in [1.29, 1.82) is 0 Å². The van der Waals surface area contributed by atoms with Gasteiger partial charge in [0.05, 0.1) is 5.69 Å². The zero-order valence-electron chi connectivity index (χ0n) is 11.1. The maximum absolute atomic E-state index is 12.0. The molecule has 18 heavy (non-hydrogen) atoms. The molecule has 1 aliphatic carbocycles. The van der Waals surface area contributed by atoms with Gasteiger partial charge in [0.25, 0.3) is 0 Å². The van der Waals surface area contributed by atoms with Crippen molar-refractivity contribution in [2.45, 2.75) is 38.6 Å². The van der Waals surface area contributed by atoms with Crippen LogP contribution in [0.15, 0.2) is 24.4 Å². The van der Waals surface area contributed by atoms with Crippen LogP contribution < -0.4 is 0 Å². The SMILES string of the molecule is CN(Cc1ccccn1)CC1CCCCCC1=O. The molecular formula is C15H22N2O. The molecule has 0 aliphatic heterocycles. The summed E-state index contributed by atoms with van der Waals surface area (Å²) in [5, 5.41) is 0. The van der Waals surface area contributed by atoms with Crippen LogP contribution in [-0.2, 0) is 11.3 Å². The summed E-state index contributed by atoms with van der Waals surface area (Å²) in [6.07, 6.45) is 7.16. The standard InChI is InChI=1S/C15H22N2O/c1-17(12-14-8-5-6-10-16-14)11-13-7-3-2-4-9-15(13)18/h5-6,8,10,13H,2-4,7,9,11-12H2,1H3. The summed E-state index contributed by atoms with van der Waals surface area (Å²) in [6, 6.07) is 5.97. The highest BCUT2D eigenvalue weighted by atomic mass is 16.1. The zero-order chi connectivity index (χ0) is 12.8. The van der Waals surface area contributed by atoms with Gasteiger partial charge in [0, 0.05) is 31.6 Å². The number of nitrogens with zero attached hydrogens (tertiary/aromatic N) is 2. The van der Waals surface area contributed by atoms with E-state index in [4.69, 9.17) is 0 Å². The first-order valence-electron chi connectivity index (χ1n) is 6.87. The lowest BCUT2D eigenvalue weighted by Crippen LogP contribution is -2.29. The minimum absolute atomic E-state index is 0.237. The van der Waals surface area contributed by atoms with Crippen molar-refractivity contribution in [3.63, 3.8) is 0 Å². The van der Waals surface area contributed by atoms with Crippen molar-refractivity contribution < 1.29 is 4.79 Å². The first-order valence-corrected chi connectivity index (χ1v) is 6.87. The Morgan fingerprint density at radius 2 is 2.22 bits per heavy atom. The number of hydrogen-bond acceptors (Lipinski definition) is 3. The molecule has 0 amide bonds. The van der Waals surface area contributed by atoms with E-state index in [-0.39, 0.29) is 5.92 Å².